The molecule has 0 fully saturated rings. The maximum absolute atomic E-state index is 12.3. The van der Waals surface area contributed by atoms with E-state index in [0.29, 0.717) is 22.3 Å². The molecule has 4 rings (SSSR count). The zero-order chi connectivity index (χ0) is 22.9. The fourth-order valence-corrected chi connectivity index (χ4v) is 4.67. The molecule has 0 radical (unpaired) electrons. The third kappa shape index (κ3) is 5.03. The Hall–Kier alpha value is -2.29. The minimum Gasteiger partial charge on any atom is -0.437 e. The number of nitrogens with zero attached hydrogens (tertiary/aromatic N) is 2. The summed E-state index contributed by atoms with van der Waals surface area (Å²) in [7, 11) is 0. The Kier molecular flexibility index (Phi) is 6.65. The number of anilines is 2. The summed E-state index contributed by atoms with van der Waals surface area (Å²) in [5.41, 5.74) is 3.19. The van der Waals surface area contributed by atoms with Crippen molar-refractivity contribution in [1.29, 1.82) is 0 Å². The summed E-state index contributed by atoms with van der Waals surface area (Å²) in [4.78, 5) is 21.3. The van der Waals surface area contributed by atoms with E-state index in [4.69, 9.17) is 4.74 Å². The Morgan fingerprint density at radius 1 is 1.09 bits per heavy atom. The molecule has 0 aliphatic carbocycles. The number of rotatable bonds is 6. The van der Waals surface area contributed by atoms with Crippen molar-refractivity contribution < 1.29 is 9.53 Å². The number of ether oxygens (including phenoxy) is 1. The molecule has 0 unspecified atom stereocenters. The van der Waals surface area contributed by atoms with Gasteiger partial charge in [-0.1, -0.05) is 82.2 Å². The summed E-state index contributed by atoms with van der Waals surface area (Å²) in [6, 6.07) is 17.2. The summed E-state index contributed by atoms with van der Waals surface area (Å²) >= 11 is 8.00. The van der Waals surface area contributed by atoms with Crippen molar-refractivity contribution in [3.63, 3.8) is 0 Å². The normalized spacial score (nSPS) is 11.7. The standard InChI is InChI=1S/C24H21Br2N3O2S/c1-24(2,3)15-7-4-5-9-18(15)31-22-17(8-6-12-27-22)29-23-28-16-11-10-14(13-19(16)32-23)20(30)21(25)26/h4-13,21H,1-3H3,(H,28,29). The number of pyridine rings is 1. The minimum absolute atomic E-state index is 0.0322. The van der Waals surface area contributed by atoms with Gasteiger partial charge in [-0.25, -0.2) is 9.97 Å². The van der Waals surface area contributed by atoms with Crippen LogP contribution in [0.2, 0.25) is 0 Å². The number of carbonyl (C=O) groups is 1. The fraction of sp³-hybridized carbons (Fsp3) is 0.208. The number of para-hydroxylation sites is 1. The molecule has 8 heteroatoms. The number of carbonyl (C=O) groups excluding carboxylic acids is 1. The first-order valence-electron chi connectivity index (χ1n) is 9.95. The minimum atomic E-state index is -0.413. The van der Waals surface area contributed by atoms with Gasteiger partial charge in [0, 0.05) is 17.3 Å². The highest BCUT2D eigenvalue weighted by atomic mass is 79.9. The molecule has 4 aromatic rings. The number of ketones is 1. The van der Waals surface area contributed by atoms with Crippen molar-refractivity contribution in [2.45, 2.75) is 29.9 Å². The molecule has 0 spiro atoms. The van der Waals surface area contributed by atoms with Crippen LogP contribution in [0.1, 0.15) is 36.7 Å². The topological polar surface area (TPSA) is 64.1 Å². The Balaban J connectivity index is 1.63. The van der Waals surface area contributed by atoms with Crippen LogP contribution in [0.25, 0.3) is 10.2 Å². The lowest BCUT2D eigenvalue weighted by atomic mass is 9.86. The molecule has 2 aromatic heterocycles. The molecule has 0 atom stereocenters. The highest BCUT2D eigenvalue weighted by Gasteiger charge is 2.20. The predicted octanol–water partition coefficient (Wildman–Crippen LogP) is 7.82. The van der Waals surface area contributed by atoms with E-state index in [0.717, 1.165) is 21.5 Å². The predicted molar refractivity (Wildman–Crippen MR) is 138 cm³/mol. The number of fused-ring (bicyclic) bond motifs is 1. The van der Waals surface area contributed by atoms with Crippen LogP contribution in [0, 0.1) is 0 Å². The van der Waals surface area contributed by atoms with E-state index < -0.39 is 3.74 Å². The second kappa shape index (κ2) is 9.29. The van der Waals surface area contributed by atoms with Gasteiger partial charge in [-0.3, -0.25) is 4.79 Å². The molecular weight excluding hydrogens is 554 g/mol. The number of benzene rings is 2. The van der Waals surface area contributed by atoms with E-state index in [2.05, 4.69) is 74.0 Å². The first kappa shape index (κ1) is 22.9. The quantitative estimate of drug-likeness (QED) is 0.188. The number of thiazole rings is 1. The largest absolute Gasteiger partial charge is 0.437 e. The number of nitrogens with one attached hydrogen (secondary N) is 1. The lowest BCUT2D eigenvalue weighted by molar-refractivity contribution is 0.101. The molecule has 32 heavy (non-hydrogen) atoms. The van der Waals surface area contributed by atoms with Gasteiger partial charge in [0.25, 0.3) is 0 Å². The third-order valence-corrected chi connectivity index (χ3v) is 6.55. The lowest BCUT2D eigenvalue weighted by Crippen LogP contribution is -2.12. The Labute approximate surface area is 207 Å². The number of hydrogen-bond donors (Lipinski definition) is 1. The maximum atomic E-state index is 12.3. The first-order valence-corrected chi connectivity index (χ1v) is 12.6. The second-order valence-corrected chi connectivity index (χ2v) is 12.3. The Morgan fingerprint density at radius 2 is 1.88 bits per heavy atom. The monoisotopic (exact) mass is 573 g/mol. The molecule has 0 aliphatic heterocycles. The zero-order valence-corrected chi connectivity index (χ0v) is 21.7. The number of Topliss-reactive ketones (excluding diaryl/α,β-unsaturated/α-hetero) is 1. The van der Waals surface area contributed by atoms with Crippen molar-refractivity contribution in [2.24, 2.45) is 0 Å². The summed E-state index contributed by atoms with van der Waals surface area (Å²) in [5.74, 6) is 1.21. The van der Waals surface area contributed by atoms with Crippen molar-refractivity contribution in [2.75, 3.05) is 5.32 Å². The highest BCUT2D eigenvalue weighted by molar-refractivity contribution is 9.25. The molecule has 5 nitrogen and oxygen atoms in total. The number of alkyl halides is 2. The van der Waals surface area contributed by atoms with Crippen LogP contribution < -0.4 is 10.1 Å². The van der Waals surface area contributed by atoms with Crippen LogP contribution in [-0.2, 0) is 5.41 Å². The van der Waals surface area contributed by atoms with Crippen molar-refractivity contribution in [3.05, 3.63) is 71.9 Å². The fourth-order valence-electron chi connectivity index (χ4n) is 3.22. The van der Waals surface area contributed by atoms with E-state index in [1.807, 2.05) is 42.5 Å². The Morgan fingerprint density at radius 3 is 2.62 bits per heavy atom. The summed E-state index contributed by atoms with van der Waals surface area (Å²) in [5, 5.41) is 4.02. The van der Waals surface area contributed by atoms with E-state index in [1.165, 1.54) is 11.3 Å². The summed E-state index contributed by atoms with van der Waals surface area (Å²) < 4.78 is 6.75. The molecule has 164 valence electrons. The van der Waals surface area contributed by atoms with Crippen LogP contribution in [0.4, 0.5) is 10.8 Å². The van der Waals surface area contributed by atoms with Crippen molar-refractivity contribution >= 4 is 70.0 Å². The second-order valence-electron chi connectivity index (χ2n) is 8.20. The van der Waals surface area contributed by atoms with Gasteiger partial charge in [-0.05, 0) is 41.8 Å². The van der Waals surface area contributed by atoms with E-state index in [1.54, 1.807) is 12.3 Å². The molecule has 0 saturated heterocycles. The molecule has 1 N–H and O–H groups in total. The molecular formula is C24H21Br2N3O2S. The first-order chi connectivity index (χ1) is 15.2. The molecule has 0 aliphatic rings. The van der Waals surface area contributed by atoms with Gasteiger partial charge < -0.3 is 10.1 Å². The van der Waals surface area contributed by atoms with Crippen LogP contribution in [0.3, 0.4) is 0 Å². The van der Waals surface area contributed by atoms with Gasteiger partial charge in [0.1, 0.15) is 15.2 Å². The van der Waals surface area contributed by atoms with Crippen LogP contribution >= 0.6 is 43.2 Å². The van der Waals surface area contributed by atoms with Gasteiger partial charge in [0.05, 0.1) is 10.2 Å². The SMILES string of the molecule is CC(C)(C)c1ccccc1Oc1ncccc1Nc1nc2ccc(C(=O)C(Br)Br)cc2s1. The molecule has 0 saturated carbocycles. The highest BCUT2D eigenvalue weighted by Crippen LogP contribution is 2.37. The molecule has 0 amide bonds. The Bertz CT molecular complexity index is 1280. The number of aromatic nitrogens is 2. The van der Waals surface area contributed by atoms with E-state index in [-0.39, 0.29) is 11.2 Å². The maximum Gasteiger partial charge on any atom is 0.243 e. The van der Waals surface area contributed by atoms with Gasteiger partial charge in [-0.2, -0.15) is 0 Å². The summed E-state index contributed by atoms with van der Waals surface area (Å²) in [6.07, 6.45) is 1.70. The van der Waals surface area contributed by atoms with E-state index >= 15 is 0 Å². The smallest absolute Gasteiger partial charge is 0.243 e. The van der Waals surface area contributed by atoms with Crippen LogP contribution in [0.15, 0.2) is 60.8 Å². The third-order valence-electron chi connectivity index (χ3n) is 4.79. The van der Waals surface area contributed by atoms with Crippen molar-refractivity contribution in [3.8, 4) is 11.6 Å². The van der Waals surface area contributed by atoms with Gasteiger partial charge in [0.15, 0.2) is 10.9 Å². The molecule has 2 aromatic carbocycles. The number of hydrogen-bond acceptors (Lipinski definition) is 6. The average Bonchev–Trinajstić information content (AvgIpc) is 3.15. The average molecular weight is 575 g/mol. The van der Waals surface area contributed by atoms with Gasteiger partial charge >= 0.3 is 0 Å². The van der Waals surface area contributed by atoms with Gasteiger partial charge in [-0.15, -0.1) is 0 Å². The van der Waals surface area contributed by atoms with Crippen LogP contribution in [0.5, 0.6) is 11.6 Å². The number of halogens is 2. The molecule has 0 bridgehead atoms. The van der Waals surface area contributed by atoms with E-state index in [9.17, 15) is 4.79 Å². The molecule has 2 heterocycles. The lowest BCUT2D eigenvalue weighted by Gasteiger charge is -2.22. The van der Waals surface area contributed by atoms with Crippen molar-refractivity contribution in [1.82, 2.24) is 9.97 Å². The summed E-state index contributed by atoms with van der Waals surface area (Å²) in [6.45, 7) is 6.46. The van der Waals surface area contributed by atoms with Gasteiger partial charge in [0.2, 0.25) is 5.88 Å². The van der Waals surface area contributed by atoms with Crippen LogP contribution in [-0.4, -0.2) is 19.5 Å². The zero-order valence-electron chi connectivity index (χ0n) is 17.7.